The molecule has 1 aromatic carbocycles. The Morgan fingerprint density at radius 3 is 2.60 bits per heavy atom. The van der Waals surface area contributed by atoms with Gasteiger partial charge in [0.25, 0.3) is 0 Å². The van der Waals surface area contributed by atoms with E-state index in [1.54, 1.807) is 36.7 Å². The van der Waals surface area contributed by atoms with E-state index >= 15 is 4.39 Å². The molecule has 1 aliphatic carbocycles. The van der Waals surface area contributed by atoms with Gasteiger partial charge in [-0.25, -0.2) is 14.3 Å². The zero-order valence-corrected chi connectivity index (χ0v) is 24.9. The first-order valence-corrected chi connectivity index (χ1v) is 14.7. The van der Waals surface area contributed by atoms with Gasteiger partial charge in [-0.1, -0.05) is 30.5 Å². The molecule has 0 radical (unpaired) electrons. The number of hydrogen-bond donors (Lipinski definition) is 4. The van der Waals surface area contributed by atoms with Crippen molar-refractivity contribution < 1.29 is 23.8 Å². The Bertz CT molecular complexity index is 1430. The third-order valence-corrected chi connectivity index (χ3v) is 8.38. The molecular formula is C31H36ClFN6O4. The molecule has 4 N–H and O–H groups in total. The lowest BCUT2D eigenvalue weighted by molar-refractivity contribution is -0.123. The average Bonchev–Trinajstić information content (AvgIpc) is 3.73. The van der Waals surface area contributed by atoms with E-state index in [1.807, 2.05) is 12.1 Å². The van der Waals surface area contributed by atoms with Gasteiger partial charge in [0, 0.05) is 39.2 Å². The highest BCUT2D eigenvalue weighted by Gasteiger charge is 2.41. The summed E-state index contributed by atoms with van der Waals surface area (Å²) in [4.78, 5) is 36.0. The number of likely N-dealkylation sites (tertiary alicyclic amines) is 1. The Morgan fingerprint density at radius 2 is 1.95 bits per heavy atom. The number of aliphatic hydroxyl groups is 1. The molecule has 3 heterocycles. The predicted octanol–water partition coefficient (Wildman–Crippen LogP) is 4.25. The van der Waals surface area contributed by atoms with Crippen LogP contribution in [0, 0.1) is 11.7 Å². The van der Waals surface area contributed by atoms with Gasteiger partial charge in [-0.2, -0.15) is 0 Å². The Hall–Kier alpha value is -3.64. The first kappa shape index (κ1) is 30.8. The number of benzene rings is 1. The fourth-order valence-electron chi connectivity index (χ4n) is 5.73. The fourth-order valence-corrected chi connectivity index (χ4v) is 5.84. The van der Waals surface area contributed by atoms with E-state index < -0.39 is 29.7 Å². The van der Waals surface area contributed by atoms with Gasteiger partial charge in [0.15, 0.2) is 6.35 Å². The number of aliphatic hydroxyl groups excluding tert-OH is 1. The molecule has 1 aliphatic heterocycles. The van der Waals surface area contributed by atoms with Crippen LogP contribution in [0.5, 0.6) is 0 Å². The molecule has 43 heavy (non-hydrogen) atoms. The second kappa shape index (κ2) is 13.3. The minimum atomic E-state index is -1.28. The maximum absolute atomic E-state index is 15.3. The number of nitrogens with zero attached hydrogens (tertiary/aromatic N) is 3. The lowest BCUT2D eigenvalue weighted by Gasteiger charge is -2.36. The molecule has 4 atom stereocenters. The summed E-state index contributed by atoms with van der Waals surface area (Å²) in [5.41, 5.74) is 0.480. The third-order valence-electron chi connectivity index (χ3n) is 8.16. The molecule has 1 saturated heterocycles. The van der Waals surface area contributed by atoms with Crippen molar-refractivity contribution in [1.82, 2.24) is 20.2 Å². The van der Waals surface area contributed by atoms with Gasteiger partial charge in [-0.3, -0.25) is 14.6 Å². The first-order chi connectivity index (χ1) is 20.7. The number of carbonyl (C=O) groups excluding carboxylic acids is 2. The van der Waals surface area contributed by atoms with Crippen LogP contribution in [0.3, 0.4) is 0 Å². The second-order valence-corrected chi connectivity index (χ2v) is 11.6. The monoisotopic (exact) mass is 610 g/mol. The van der Waals surface area contributed by atoms with Crippen LogP contribution in [-0.2, 0) is 19.9 Å². The Balaban J connectivity index is 1.42. The van der Waals surface area contributed by atoms with Crippen molar-refractivity contribution in [2.75, 3.05) is 24.3 Å². The van der Waals surface area contributed by atoms with E-state index in [0.717, 1.165) is 24.8 Å². The van der Waals surface area contributed by atoms with Crippen molar-refractivity contribution in [2.45, 2.75) is 63.1 Å². The van der Waals surface area contributed by atoms with Crippen LogP contribution in [0.15, 0.2) is 61.1 Å². The number of aromatic nitrogens is 2. The summed E-state index contributed by atoms with van der Waals surface area (Å²) in [5, 5.41) is 20.2. The van der Waals surface area contributed by atoms with E-state index in [-0.39, 0.29) is 30.7 Å². The fraction of sp³-hybridized carbons (Fsp3) is 0.419. The molecule has 2 unspecified atom stereocenters. The SMILES string of the molecule is CO[C@@H]1C[C@H](C(=O)Nc2cc(C(CCC3CC3)(NC(C)=O)c3ccncc3)ccc2F)N(C(O)Nc2ccc(Cl)cn2)C1. The Kier molecular flexibility index (Phi) is 9.55. The predicted molar refractivity (Wildman–Crippen MR) is 161 cm³/mol. The number of carbonyl (C=O) groups is 2. The van der Waals surface area contributed by atoms with Crippen LogP contribution in [0.2, 0.25) is 5.02 Å². The average molecular weight is 611 g/mol. The van der Waals surface area contributed by atoms with E-state index in [9.17, 15) is 14.7 Å². The van der Waals surface area contributed by atoms with E-state index in [0.29, 0.717) is 28.7 Å². The third kappa shape index (κ3) is 7.30. The lowest BCUT2D eigenvalue weighted by Crippen LogP contribution is -2.49. The molecule has 2 aliphatic rings. The van der Waals surface area contributed by atoms with Gasteiger partial charge in [0.1, 0.15) is 11.6 Å². The zero-order valence-electron chi connectivity index (χ0n) is 24.1. The summed E-state index contributed by atoms with van der Waals surface area (Å²) in [5.74, 6) is -0.409. The minimum absolute atomic E-state index is 0.0275. The molecule has 228 valence electrons. The van der Waals surface area contributed by atoms with Crippen LogP contribution < -0.4 is 16.0 Å². The standard InChI is InChI=1S/C31H36ClFN6O4/c1-19(40)38-31(12-9-20-3-4-20,21-10-13-34-14-11-21)22-5-7-25(33)26(15-22)36-29(41)27-16-24(43-2)18-39(27)30(42)37-28-8-6-23(32)17-35-28/h5-8,10-11,13-15,17,20,24,27,30,42H,3-4,9,12,16,18H2,1-2H3,(H,35,37)(H,36,41)(H,38,40)/t24-,27-,30?,31?/m1/s1. The normalized spacial score (nSPS) is 20.7. The van der Waals surface area contributed by atoms with Crippen molar-refractivity contribution in [3.05, 3.63) is 83.0 Å². The van der Waals surface area contributed by atoms with E-state index in [2.05, 4.69) is 25.9 Å². The zero-order chi connectivity index (χ0) is 30.6. The van der Waals surface area contributed by atoms with Gasteiger partial charge < -0.3 is 25.8 Å². The summed E-state index contributed by atoms with van der Waals surface area (Å²) in [7, 11) is 1.54. The molecule has 12 heteroatoms. The summed E-state index contributed by atoms with van der Waals surface area (Å²) in [6.45, 7) is 1.72. The molecule has 3 aromatic rings. The molecule has 1 saturated carbocycles. The highest BCUT2D eigenvalue weighted by molar-refractivity contribution is 6.30. The van der Waals surface area contributed by atoms with Crippen molar-refractivity contribution in [1.29, 1.82) is 0 Å². The molecular weight excluding hydrogens is 575 g/mol. The number of amides is 2. The number of nitrogens with one attached hydrogen (secondary N) is 3. The maximum Gasteiger partial charge on any atom is 0.242 e. The van der Waals surface area contributed by atoms with Crippen molar-refractivity contribution in [3.63, 3.8) is 0 Å². The number of anilines is 2. The first-order valence-electron chi connectivity index (χ1n) is 14.3. The number of hydrogen-bond acceptors (Lipinski definition) is 8. The van der Waals surface area contributed by atoms with Gasteiger partial charge in [-0.15, -0.1) is 0 Å². The van der Waals surface area contributed by atoms with Crippen LogP contribution >= 0.6 is 11.6 Å². The van der Waals surface area contributed by atoms with Crippen molar-refractivity contribution in [2.24, 2.45) is 5.92 Å². The number of methoxy groups -OCH3 is 1. The van der Waals surface area contributed by atoms with Crippen LogP contribution in [0.4, 0.5) is 15.9 Å². The van der Waals surface area contributed by atoms with Crippen LogP contribution in [0.1, 0.15) is 50.2 Å². The molecule has 10 nitrogen and oxygen atoms in total. The molecule has 2 fully saturated rings. The molecule has 2 aromatic heterocycles. The maximum atomic E-state index is 15.3. The van der Waals surface area contributed by atoms with Gasteiger partial charge >= 0.3 is 0 Å². The summed E-state index contributed by atoms with van der Waals surface area (Å²) < 4.78 is 20.8. The number of ether oxygens (including phenoxy) is 1. The molecule has 5 rings (SSSR count). The lowest BCUT2D eigenvalue weighted by atomic mass is 9.78. The van der Waals surface area contributed by atoms with Gasteiger partial charge in [-0.05, 0) is 72.7 Å². The quantitative estimate of drug-likeness (QED) is 0.224. The minimum Gasteiger partial charge on any atom is -0.380 e. The number of rotatable bonds is 12. The summed E-state index contributed by atoms with van der Waals surface area (Å²) in [6, 6.07) is 10.6. The highest BCUT2D eigenvalue weighted by atomic mass is 35.5. The highest BCUT2D eigenvalue weighted by Crippen LogP contribution is 2.42. The molecule has 0 spiro atoms. The molecule has 2 amide bonds. The largest absolute Gasteiger partial charge is 0.380 e. The van der Waals surface area contributed by atoms with E-state index in [4.69, 9.17) is 16.3 Å². The summed E-state index contributed by atoms with van der Waals surface area (Å²) in [6.07, 6.45) is 7.21. The summed E-state index contributed by atoms with van der Waals surface area (Å²) >= 11 is 5.91. The van der Waals surface area contributed by atoms with Crippen LogP contribution in [0.25, 0.3) is 0 Å². The number of pyridine rings is 2. The van der Waals surface area contributed by atoms with Crippen molar-refractivity contribution >= 4 is 34.9 Å². The second-order valence-electron chi connectivity index (χ2n) is 11.2. The smallest absolute Gasteiger partial charge is 0.242 e. The number of halogens is 2. The Morgan fingerprint density at radius 1 is 1.19 bits per heavy atom. The molecule has 0 bridgehead atoms. The van der Waals surface area contributed by atoms with Crippen LogP contribution in [-0.4, -0.2) is 63.9 Å². The topological polar surface area (TPSA) is 129 Å². The van der Waals surface area contributed by atoms with Gasteiger partial charge in [0.2, 0.25) is 11.8 Å². The van der Waals surface area contributed by atoms with Crippen molar-refractivity contribution in [3.8, 4) is 0 Å². The van der Waals surface area contributed by atoms with E-state index in [1.165, 1.54) is 31.2 Å². The Labute approximate surface area is 255 Å². The van der Waals surface area contributed by atoms with Gasteiger partial charge in [0.05, 0.1) is 28.4 Å².